The Bertz CT molecular complexity index is 1940. The van der Waals surface area contributed by atoms with E-state index in [1.165, 1.54) is 11.0 Å². The minimum Gasteiger partial charge on any atom is -0.497 e. The zero-order valence-electron chi connectivity index (χ0n) is 31.1. The smallest absolute Gasteiger partial charge is 0.408 e. The number of rotatable bonds is 6. The van der Waals surface area contributed by atoms with E-state index in [1.807, 2.05) is 95.3 Å². The molecule has 2 aliphatic heterocycles. The first kappa shape index (κ1) is 37.3. The highest BCUT2D eigenvalue weighted by Crippen LogP contribution is 2.45. The van der Waals surface area contributed by atoms with E-state index in [4.69, 9.17) is 19.7 Å². The Morgan fingerprint density at radius 1 is 1.09 bits per heavy atom. The molecule has 3 N–H and O–H groups in total. The molecule has 1 aliphatic carbocycles. The zero-order valence-corrected chi connectivity index (χ0v) is 31.1. The number of nitrogens with one attached hydrogen (secondary N) is 2. The molecular formula is C40H48N6O7. The van der Waals surface area contributed by atoms with Crippen molar-refractivity contribution < 1.29 is 33.8 Å². The standard InChI is InChI=1S/C40H48N6O7/c1-8-27-22-40(27,36(49)50)42-34(47)30-21-28-23-45(30)35(48)33(38(2,3)4)41-37(51)53-39(5,6)19-10-9-12-24-13-11-14-26(20-24)32-31(43-46(28)44-32)25-15-17-29(52-7)18-16-25/h8-9,11-18,20,27-28,30,33H,1,10,19,21-23H2,2-7H3,(H,41,51)(H,42,47)(H,49,50)/b12-9-/t27-,28-,30+,33-,40-/m1/s1. The fourth-order valence-electron chi connectivity index (χ4n) is 7.12. The molecule has 0 unspecified atom stereocenters. The number of carboxylic acid groups (broad SMARTS) is 1. The molecule has 5 atom stereocenters. The molecule has 2 fully saturated rings. The van der Waals surface area contributed by atoms with Gasteiger partial charge in [0.1, 0.15) is 40.4 Å². The Morgan fingerprint density at radius 3 is 2.42 bits per heavy atom. The topological polar surface area (TPSA) is 165 Å². The Morgan fingerprint density at radius 2 is 1.79 bits per heavy atom. The summed E-state index contributed by atoms with van der Waals surface area (Å²) in [6.45, 7) is 12.8. The third-order valence-corrected chi connectivity index (χ3v) is 10.3. The van der Waals surface area contributed by atoms with Gasteiger partial charge in [-0.05, 0) is 74.4 Å². The number of allylic oxidation sites excluding steroid dienone is 1. The zero-order chi connectivity index (χ0) is 38.3. The predicted molar refractivity (Wildman–Crippen MR) is 199 cm³/mol. The van der Waals surface area contributed by atoms with E-state index in [0.29, 0.717) is 30.0 Å². The normalized spacial score (nSPS) is 26.2. The van der Waals surface area contributed by atoms with Gasteiger partial charge in [-0.1, -0.05) is 57.2 Å². The highest BCUT2D eigenvalue weighted by molar-refractivity contribution is 5.96. The number of carboxylic acids is 1. The molecule has 3 aliphatic rings. The van der Waals surface area contributed by atoms with Crippen molar-refractivity contribution in [3.8, 4) is 28.3 Å². The van der Waals surface area contributed by atoms with Gasteiger partial charge in [-0.15, -0.1) is 6.58 Å². The number of hydrogen-bond donors (Lipinski definition) is 3. The molecule has 0 spiro atoms. The van der Waals surface area contributed by atoms with E-state index in [9.17, 15) is 24.3 Å². The summed E-state index contributed by atoms with van der Waals surface area (Å²) in [4.78, 5) is 57.5. The SMILES string of the molecule is C=C[C@@H]1C[C@]1(NC(=O)[C@@H]1C[C@@H]2CN1C(=O)[C@H](C(C)(C)C)NC(=O)OC(C)(C)CC/C=C\c1cccc(c1)-c1nn2nc1-c1ccc(OC)cc1)C(=O)O. The minimum absolute atomic E-state index is 0.0234. The highest BCUT2D eigenvalue weighted by atomic mass is 16.6. The van der Waals surface area contributed by atoms with Gasteiger partial charge in [-0.25, -0.2) is 9.59 Å². The van der Waals surface area contributed by atoms with E-state index < -0.39 is 64.5 Å². The van der Waals surface area contributed by atoms with Crippen LogP contribution in [0.4, 0.5) is 4.79 Å². The monoisotopic (exact) mass is 724 g/mol. The lowest BCUT2D eigenvalue weighted by Crippen LogP contribution is -2.59. The van der Waals surface area contributed by atoms with Gasteiger partial charge in [0.05, 0.1) is 13.2 Å². The molecule has 3 amide bonds. The third kappa shape index (κ3) is 7.69. The number of carbonyl (C=O) groups excluding carboxylic acids is 3. The number of alkyl carbamates (subject to hydrolysis) is 1. The van der Waals surface area contributed by atoms with Crippen molar-refractivity contribution in [2.45, 2.75) is 89.6 Å². The number of carbonyl (C=O) groups is 4. The average Bonchev–Trinajstić information content (AvgIpc) is 3.41. The highest BCUT2D eigenvalue weighted by Gasteiger charge is 2.61. The number of methoxy groups -OCH3 is 1. The van der Waals surface area contributed by atoms with Gasteiger partial charge < -0.3 is 30.1 Å². The summed E-state index contributed by atoms with van der Waals surface area (Å²) in [5.41, 5.74) is 0.613. The van der Waals surface area contributed by atoms with Crippen LogP contribution in [0.25, 0.3) is 28.6 Å². The lowest BCUT2D eigenvalue weighted by Gasteiger charge is -2.36. The van der Waals surface area contributed by atoms with Crippen LogP contribution in [0.3, 0.4) is 0 Å². The van der Waals surface area contributed by atoms with Crippen LogP contribution in [0.2, 0.25) is 0 Å². The molecule has 3 aromatic rings. The van der Waals surface area contributed by atoms with Gasteiger partial charge in [0.15, 0.2) is 0 Å². The first-order chi connectivity index (χ1) is 25.0. The van der Waals surface area contributed by atoms with E-state index in [1.54, 1.807) is 11.9 Å². The molecule has 13 nitrogen and oxygen atoms in total. The minimum atomic E-state index is -1.51. The molecule has 2 aromatic carbocycles. The maximum atomic E-state index is 14.6. The first-order valence-corrected chi connectivity index (χ1v) is 17.9. The molecule has 1 saturated carbocycles. The molecule has 1 aromatic heterocycles. The summed E-state index contributed by atoms with van der Waals surface area (Å²) in [7, 11) is 1.60. The Hall–Kier alpha value is -5.46. The quantitative estimate of drug-likeness (QED) is 0.273. The van der Waals surface area contributed by atoms with E-state index in [2.05, 4.69) is 17.2 Å². The number of aromatic nitrogens is 3. The Balaban J connectivity index is 1.47. The Kier molecular flexibility index (Phi) is 9.97. The van der Waals surface area contributed by atoms with Crippen molar-refractivity contribution >= 4 is 30.0 Å². The summed E-state index contributed by atoms with van der Waals surface area (Å²) >= 11 is 0. The van der Waals surface area contributed by atoms with Crippen LogP contribution in [-0.4, -0.2) is 85.8 Å². The first-order valence-electron chi connectivity index (χ1n) is 17.9. The molecule has 53 heavy (non-hydrogen) atoms. The van der Waals surface area contributed by atoms with Gasteiger partial charge in [-0.2, -0.15) is 15.0 Å². The second kappa shape index (κ2) is 14.2. The van der Waals surface area contributed by atoms with Crippen LogP contribution in [0.1, 0.15) is 71.9 Å². The van der Waals surface area contributed by atoms with Gasteiger partial charge in [0.2, 0.25) is 11.8 Å². The van der Waals surface area contributed by atoms with Crippen LogP contribution < -0.4 is 15.4 Å². The number of cyclic esters (lactones) is 1. The van der Waals surface area contributed by atoms with Gasteiger partial charge >= 0.3 is 12.1 Å². The lowest BCUT2D eigenvalue weighted by molar-refractivity contribution is -0.146. The maximum Gasteiger partial charge on any atom is 0.408 e. The van der Waals surface area contributed by atoms with E-state index >= 15 is 0 Å². The van der Waals surface area contributed by atoms with Crippen molar-refractivity contribution in [3.63, 3.8) is 0 Å². The van der Waals surface area contributed by atoms with Crippen LogP contribution in [0.15, 0.2) is 67.3 Å². The largest absolute Gasteiger partial charge is 0.497 e. The van der Waals surface area contributed by atoms with Crippen molar-refractivity contribution in [3.05, 3.63) is 72.8 Å². The number of aliphatic carboxylic acids is 1. The number of ether oxygens (including phenoxy) is 2. The number of fused-ring (bicyclic) bond motifs is 8. The molecule has 6 rings (SSSR count). The van der Waals surface area contributed by atoms with Crippen LogP contribution >= 0.6 is 0 Å². The summed E-state index contributed by atoms with van der Waals surface area (Å²) < 4.78 is 11.2. The molecule has 1 saturated heterocycles. The third-order valence-electron chi connectivity index (χ3n) is 10.3. The van der Waals surface area contributed by atoms with E-state index in [-0.39, 0.29) is 19.4 Å². The van der Waals surface area contributed by atoms with Crippen molar-refractivity contribution in [1.82, 2.24) is 30.5 Å². The average molecular weight is 725 g/mol. The number of nitrogens with zero attached hydrogens (tertiary/aromatic N) is 4. The van der Waals surface area contributed by atoms with Crippen LogP contribution in [0.5, 0.6) is 5.75 Å². The number of benzene rings is 2. The van der Waals surface area contributed by atoms with Crippen LogP contribution in [-0.2, 0) is 19.1 Å². The molecule has 0 radical (unpaired) electrons. The number of amides is 3. The second-order valence-corrected chi connectivity index (χ2v) is 15.8. The van der Waals surface area contributed by atoms with Gasteiger partial charge in [-0.3, -0.25) is 9.59 Å². The fourth-order valence-corrected chi connectivity index (χ4v) is 7.12. The molecule has 13 heteroatoms. The maximum absolute atomic E-state index is 14.6. The molecule has 6 bridgehead atoms. The van der Waals surface area contributed by atoms with Crippen molar-refractivity contribution in [2.24, 2.45) is 11.3 Å². The molecule has 3 heterocycles. The lowest BCUT2D eigenvalue weighted by atomic mass is 9.85. The van der Waals surface area contributed by atoms with Crippen molar-refractivity contribution in [2.75, 3.05) is 13.7 Å². The Labute approximate surface area is 309 Å². The van der Waals surface area contributed by atoms with Crippen LogP contribution in [0, 0.1) is 11.3 Å². The predicted octanol–water partition coefficient (Wildman–Crippen LogP) is 5.63. The number of hydrogen-bond acceptors (Lipinski definition) is 8. The second-order valence-electron chi connectivity index (χ2n) is 15.8. The van der Waals surface area contributed by atoms with E-state index in [0.717, 1.165) is 16.7 Å². The summed E-state index contributed by atoms with van der Waals surface area (Å²) in [5, 5.41) is 25.6. The van der Waals surface area contributed by atoms with Crippen molar-refractivity contribution in [1.29, 1.82) is 0 Å². The summed E-state index contributed by atoms with van der Waals surface area (Å²) in [5.74, 6) is -2.06. The fraction of sp³-hybridized carbons (Fsp3) is 0.450. The summed E-state index contributed by atoms with van der Waals surface area (Å²) in [6, 6.07) is 12.6. The molecular weight excluding hydrogens is 676 g/mol. The molecule has 280 valence electrons. The van der Waals surface area contributed by atoms with Gasteiger partial charge in [0, 0.05) is 30.0 Å². The van der Waals surface area contributed by atoms with Gasteiger partial charge in [0.25, 0.3) is 0 Å². The summed E-state index contributed by atoms with van der Waals surface area (Å²) in [6.07, 6.45) is 6.24.